The molecule has 57 heavy (non-hydrogen) atoms. The summed E-state index contributed by atoms with van der Waals surface area (Å²) in [6.07, 6.45) is 19.6. The Morgan fingerprint density at radius 1 is 1.09 bits per heavy atom. The summed E-state index contributed by atoms with van der Waals surface area (Å²) in [7, 11) is 3.48. The molecule has 12 nitrogen and oxygen atoms in total. The number of aryl methyl sites for hydroxylation is 1. The van der Waals surface area contributed by atoms with Gasteiger partial charge in [0.1, 0.15) is 11.7 Å². The standard InChI is InChI=1S/C43H62N6O6S2/c1-28(50)54-35-10-9-30-20-32(39(53)40-38(30)31-11-14-43(55-40)13-6-7-33(43)21-31)25-49-26-42(24-37(49)52,23-29-12-16-46-36(44)19-29)15-17-47-41(45)48-27-57-56-18-5-3-2-4-8-34(51)22-35/h11-12,14,19-20,31,33-35,46,51,53H,2-10,13,15-18,21-27,44H2,1H3,(H3,45,47,48). The van der Waals surface area contributed by atoms with Crippen molar-refractivity contribution in [3.63, 3.8) is 0 Å². The monoisotopic (exact) mass is 822 g/mol. The molecule has 1 amide bonds. The van der Waals surface area contributed by atoms with Crippen molar-refractivity contribution in [2.75, 3.05) is 31.3 Å². The van der Waals surface area contributed by atoms with E-state index in [2.05, 4.69) is 39.9 Å². The highest BCUT2D eigenvalue weighted by molar-refractivity contribution is 8.76. The van der Waals surface area contributed by atoms with Gasteiger partial charge in [0.2, 0.25) is 5.91 Å². The average Bonchev–Trinajstić information content (AvgIpc) is 3.61. The quantitative estimate of drug-likeness (QED) is 0.119. The Balaban J connectivity index is 1.20. The van der Waals surface area contributed by atoms with Crippen LogP contribution in [-0.2, 0) is 27.3 Å². The first-order valence-electron chi connectivity index (χ1n) is 21.1. The number of carbonyl (C=O) groups is 2. The van der Waals surface area contributed by atoms with Crippen LogP contribution in [0.25, 0.3) is 0 Å². The maximum absolute atomic E-state index is 14.1. The van der Waals surface area contributed by atoms with E-state index in [1.54, 1.807) is 21.6 Å². The number of phenols is 1. The molecule has 1 saturated carbocycles. The molecule has 6 bridgehead atoms. The molecule has 14 heteroatoms. The number of hydrogen-bond donors (Lipinski definition) is 6. The predicted molar refractivity (Wildman–Crippen MR) is 227 cm³/mol. The van der Waals surface area contributed by atoms with Crippen molar-refractivity contribution in [3.05, 3.63) is 58.5 Å². The van der Waals surface area contributed by atoms with Crippen molar-refractivity contribution >= 4 is 39.4 Å². The number of dihydropyridines is 1. The smallest absolute Gasteiger partial charge is 0.302 e. The fraction of sp³-hybridized carbons (Fsp3) is 0.651. The topological polar surface area (TPSA) is 185 Å². The van der Waals surface area contributed by atoms with Crippen molar-refractivity contribution in [2.45, 2.75) is 134 Å². The molecule has 1 saturated heterocycles. The highest BCUT2D eigenvalue weighted by Crippen LogP contribution is 2.57. The van der Waals surface area contributed by atoms with Gasteiger partial charge in [-0.25, -0.2) is 4.99 Å². The zero-order chi connectivity index (χ0) is 40.0. The van der Waals surface area contributed by atoms with Gasteiger partial charge in [-0.3, -0.25) is 9.59 Å². The number of aliphatic imine (C=N–C) groups is 1. The molecule has 5 aliphatic heterocycles. The molecule has 8 rings (SSSR count). The summed E-state index contributed by atoms with van der Waals surface area (Å²) in [6, 6.07) is 2.06. The Labute approximate surface area is 345 Å². The minimum absolute atomic E-state index is 0.0332. The Bertz CT molecular complexity index is 1770. The second kappa shape index (κ2) is 18.6. The van der Waals surface area contributed by atoms with Gasteiger partial charge in [0, 0.05) is 80.1 Å². The molecule has 0 aromatic heterocycles. The number of phenolic OH excluding ortho intramolecular Hbond substituents is 1. The van der Waals surface area contributed by atoms with E-state index in [9.17, 15) is 19.8 Å². The van der Waals surface area contributed by atoms with Crippen molar-refractivity contribution in [3.8, 4) is 11.5 Å². The molecule has 7 aliphatic rings. The molecule has 2 aliphatic carbocycles. The summed E-state index contributed by atoms with van der Waals surface area (Å²) in [6.45, 7) is 3.37. The van der Waals surface area contributed by atoms with Crippen LogP contribution in [0, 0.1) is 11.3 Å². The van der Waals surface area contributed by atoms with Crippen molar-refractivity contribution in [1.82, 2.24) is 15.5 Å². The molecule has 8 N–H and O–H groups in total. The predicted octanol–water partition coefficient (Wildman–Crippen LogP) is 6.02. The van der Waals surface area contributed by atoms with Crippen LogP contribution >= 0.6 is 21.6 Å². The Hall–Kier alpha value is -3.49. The van der Waals surface area contributed by atoms with Crippen LogP contribution in [-0.4, -0.2) is 82.0 Å². The van der Waals surface area contributed by atoms with Crippen LogP contribution in [0.5, 0.6) is 11.5 Å². The highest BCUT2D eigenvalue weighted by Gasteiger charge is 2.51. The van der Waals surface area contributed by atoms with Gasteiger partial charge in [-0.2, -0.15) is 0 Å². The van der Waals surface area contributed by atoms with E-state index in [0.717, 1.165) is 73.8 Å². The van der Waals surface area contributed by atoms with Crippen LogP contribution in [0.15, 0.2) is 46.8 Å². The number of fused-ring (bicyclic) bond motifs is 4. The molecule has 1 spiro atoms. The molecule has 312 valence electrons. The van der Waals surface area contributed by atoms with Crippen LogP contribution in [0.4, 0.5) is 0 Å². The van der Waals surface area contributed by atoms with E-state index in [4.69, 9.17) is 20.9 Å². The van der Waals surface area contributed by atoms with Crippen LogP contribution in [0.1, 0.15) is 119 Å². The van der Waals surface area contributed by atoms with Gasteiger partial charge in [-0.05, 0) is 93.6 Å². The number of nitrogens with zero attached hydrogens (tertiary/aromatic N) is 2. The van der Waals surface area contributed by atoms with E-state index in [1.807, 2.05) is 11.0 Å². The van der Waals surface area contributed by atoms with Gasteiger partial charge in [-0.15, -0.1) is 0 Å². The highest BCUT2D eigenvalue weighted by atomic mass is 33.1. The van der Waals surface area contributed by atoms with Gasteiger partial charge in [0.05, 0.1) is 17.8 Å². The van der Waals surface area contributed by atoms with E-state index in [-0.39, 0.29) is 30.1 Å². The number of nitrogens with one attached hydrogen (secondary N) is 2. The molecule has 5 heterocycles. The number of benzene rings is 1. The molecule has 0 radical (unpaired) electrons. The number of hydrogen-bond acceptors (Lipinski definition) is 13. The minimum atomic E-state index is -0.573. The number of aliphatic hydroxyl groups is 1. The lowest BCUT2D eigenvalue weighted by atomic mass is 9.75. The number of carbonyl (C=O) groups excluding carboxylic acids is 2. The van der Waals surface area contributed by atoms with Gasteiger partial charge >= 0.3 is 5.97 Å². The van der Waals surface area contributed by atoms with E-state index in [1.165, 1.54) is 6.92 Å². The van der Waals surface area contributed by atoms with Gasteiger partial charge in [-0.1, -0.05) is 53.0 Å². The number of amides is 1. The van der Waals surface area contributed by atoms with Crippen LogP contribution < -0.4 is 26.8 Å². The Morgan fingerprint density at radius 3 is 2.79 bits per heavy atom. The Morgan fingerprint density at radius 2 is 1.95 bits per heavy atom. The number of allylic oxidation sites excluding steroid dienone is 3. The molecule has 1 aromatic rings. The van der Waals surface area contributed by atoms with Gasteiger partial charge < -0.3 is 46.7 Å². The molecule has 6 unspecified atom stereocenters. The third-order valence-electron chi connectivity index (χ3n) is 12.9. The molecule has 2 fully saturated rings. The van der Waals surface area contributed by atoms with Crippen LogP contribution in [0.2, 0.25) is 0 Å². The number of nitrogens with two attached hydrogens (primary N) is 2. The fourth-order valence-electron chi connectivity index (χ4n) is 10.1. The third-order valence-corrected chi connectivity index (χ3v) is 15.1. The van der Waals surface area contributed by atoms with E-state index < -0.39 is 23.2 Å². The number of esters is 1. The summed E-state index contributed by atoms with van der Waals surface area (Å²) in [4.78, 5) is 32.8. The van der Waals surface area contributed by atoms with Crippen molar-refractivity contribution in [2.24, 2.45) is 27.8 Å². The number of guanidine groups is 1. The lowest BCUT2D eigenvalue weighted by Crippen LogP contribution is -2.38. The lowest BCUT2D eigenvalue weighted by Gasteiger charge is -2.34. The fourth-order valence-corrected chi connectivity index (χ4v) is 11.9. The SMILES string of the molecule is CC(=O)OC1CCc2cc(c(O)c3c2C2C=CC4(CCCC4C2)O3)CN2CC(CC3=CCNC(N)=C3)(CCNC(N)=NCSSCCCCCCC(O)C1)CC2=O. The number of aliphatic hydroxyl groups excluding tert-OH is 1. The first-order valence-corrected chi connectivity index (χ1v) is 23.6. The van der Waals surface area contributed by atoms with Gasteiger partial charge in [0.15, 0.2) is 17.5 Å². The second-order valence-electron chi connectivity index (χ2n) is 17.1. The summed E-state index contributed by atoms with van der Waals surface area (Å²) < 4.78 is 12.8. The lowest BCUT2D eigenvalue weighted by molar-refractivity contribution is -0.148. The summed E-state index contributed by atoms with van der Waals surface area (Å²) in [5.41, 5.74) is 15.4. The zero-order valence-electron chi connectivity index (χ0n) is 33.4. The maximum atomic E-state index is 14.1. The maximum Gasteiger partial charge on any atom is 0.302 e. The van der Waals surface area contributed by atoms with Crippen molar-refractivity contribution in [1.29, 1.82) is 0 Å². The third kappa shape index (κ3) is 10.2. The first kappa shape index (κ1) is 41.7. The van der Waals surface area contributed by atoms with Gasteiger partial charge in [0.25, 0.3) is 0 Å². The molecular formula is C43H62N6O6S2. The summed E-state index contributed by atoms with van der Waals surface area (Å²) in [5, 5.41) is 29.7. The van der Waals surface area contributed by atoms with E-state index >= 15 is 0 Å². The normalized spacial score (nSPS) is 31.6. The molecule has 1 aromatic carbocycles. The Kier molecular flexibility index (Phi) is 13.6. The number of aromatic hydroxyl groups is 1. The van der Waals surface area contributed by atoms with Crippen molar-refractivity contribution < 1.29 is 29.3 Å². The molecular weight excluding hydrogens is 761 g/mol. The number of ether oxygens (including phenoxy) is 2. The summed E-state index contributed by atoms with van der Waals surface area (Å²) >= 11 is 0. The zero-order valence-corrected chi connectivity index (χ0v) is 35.1. The largest absolute Gasteiger partial charge is 0.504 e. The van der Waals surface area contributed by atoms with E-state index in [0.29, 0.717) is 99.5 Å². The summed E-state index contributed by atoms with van der Waals surface area (Å²) in [5.74, 6) is 3.37. The minimum Gasteiger partial charge on any atom is -0.504 e. The van der Waals surface area contributed by atoms with Crippen LogP contribution in [0.3, 0.4) is 0 Å². The number of rotatable bonds is 3. The molecule has 6 atom stereocenters. The average molecular weight is 823 g/mol. The second-order valence-corrected chi connectivity index (χ2v) is 19.7. The first-order chi connectivity index (χ1) is 27.5.